The van der Waals surface area contributed by atoms with Crippen LogP contribution in [-0.2, 0) is 4.79 Å². The maximum Gasteiger partial charge on any atom is 0.253 e. The van der Waals surface area contributed by atoms with Gasteiger partial charge in [0.1, 0.15) is 19.0 Å². The van der Waals surface area contributed by atoms with Crippen molar-refractivity contribution in [1.82, 2.24) is 5.32 Å². The van der Waals surface area contributed by atoms with E-state index in [1.54, 1.807) is 18.2 Å². The van der Waals surface area contributed by atoms with E-state index in [9.17, 15) is 18.7 Å². The molecule has 0 bridgehead atoms. The fourth-order valence-corrected chi connectivity index (χ4v) is 2.25. The first-order chi connectivity index (χ1) is 13.5. The van der Waals surface area contributed by atoms with Gasteiger partial charge in [0, 0.05) is 6.07 Å². The lowest BCUT2D eigenvalue weighted by molar-refractivity contribution is -0.129. The van der Waals surface area contributed by atoms with Crippen molar-refractivity contribution < 1.29 is 32.9 Å². The molecule has 0 saturated heterocycles. The van der Waals surface area contributed by atoms with Crippen LogP contribution in [0.4, 0.5) is 8.78 Å². The second-order valence-electron chi connectivity index (χ2n) is 5.52. The van der Waals surface area contributed by atoms with Crippen molar-refractivity contribution in [3.05, 3.63) is 53.6 Å². The molecule has 0 saturated carbocycles. The smallest absolute Gasteiger partial charge is 0.253 e. The Morgan fingerprint density at radius 3 is 2.64 bits per heavy atom. The number of halogens is 2. The Kier molecular flexibility index (Phi) is 7.60. The van der Waals surface area contributed by atoms with E-state index in [0.29, 0.717) is 17.2 Å². The molecular weight excluding hydrogens is 372 g/mol. The first-order valence-corrected chi connectivity index (χ1v) is 8.24. The summed E-state index contributed by atoms with van der Waals surface area (Å²) in [6.07, 6.45) is 3.53. The zero-order chi connectivity index (χ0) is 20.5. The van der Waals surface area contributed by atoms with Crippen molar-refractivity contribution in [1.29, 1.82) is 0 Å². The first kappa shape index (κ1) is 21.0. The summed E-state index contributed by atoms with van der Waals surface area (Å²) in [5.41, 5.74) is -0.0513. The molecule has 0 heterocycles. The molecule has 0 radical (unpaired) electrons. The van der Waals surface area contributed by atoms with Crippen LogP contribution in [-0.4, -0.2) is 37.9 Å². The van der Waals surface area contributed by atoms with Crippen molar-refractivity contribution in [2.45, 2.75) is 6.10 Å². The predicted octanol–water partition coefficient (Wildman–Crippen LogP) is 2.21. The molecule has 1 atom stereocenters. The molecule has 0 aliphatic carbocycles. The molecule has 8 heteroatoms. The Hall–Kier alpha value is -3.31. The fourth-order valence-electron chi connectivity index (χ4n) is 2.25. The van der Waals surface area contributed by atoms with Crippen molar-refractivity contribution in [2.75, 3.05) is 26.9 Å². The number of terminal acetylenes is 1. The highest BCUT2D eigenvalue weighted by molar-refractivity contribution is 5.81. The fraction of sp³-hybridized carbons (Fsp3) is 0.250. The Labute approximate surface area is 161 Å². The van der Waals surface area contributed by atoms with Gasteiger partial charge >= 0.3 is 0 Å². The predicted molar refractivity (Wildman–Crippen MR) is 97.1 cm³/mol. The highest BCUT2D eigenvalue weighted by Crippen LogP contribution is 2.31. The van der Waals surface area contributed by atoms with Crippen molar-refractivity contribution in [3.8, 4) is 29.6 Å². The molecule has 0 aliphatic rings. The average molecular weight is 391 g/mol. The Morgan fingerprint density at radius 1 is 1.18 bits per heavy atom. The molecule has 0 aromatic heterocycles. The molecular formula is C20H19F2NO5. The van der Waals surface area contributed by atoms with E-state index in [0.717, 1.165) is 18.2 Å². The summed E-state index contributed by atoms with van der Waals surface area (Å²) < 4.78 is 42.1. The number of nitrogens with one attached hydrogen (secondary N) is 1. The van der Waals surface area contributed by atoms with Crippen LogP contribution >= 0.6 is 0 Å². The average Bonchev–Trinajstić information content (AvgIpc) is 2.71. The summed E-state index contributed by atoms with van der Waals surface area (Å²) in [4.78, 5) is 11.9. The number of aliphatic hydroxyl groups excluding tert-OH is 1. The summed E-state index contributed by atoms with van der Waals surface area (Å²) in [7, 11) is 1.47. The van der Waals surface area contributed by atoms with Crippen LogP contribution in [0, 0.1) is 24.0 Å². The Balaban J connectivity index is 1.84. The van der Waals surface area contributed by atoms with Gasteiger partial charge in [0.15, 0.2) is 29.2 Å². The third-order valence-electron chi connectivity index (χ3n) is 3.62. The van der Waals surface area contributed by atoms with E-state index in [-0.39, 0.29) is 25.3 Å². The summed E-state index contributed by atoms with van der Waals surface area (Å²) in [5.74, 6) is 0.768. The van der Waals surface area contributed by atoms with Crippen LogP contribution in [0.15, 0.2) is 36.4 Å². The van der Waals surface area contributed by atoms with Crippen LogP contribution in [0.3, 0.4) is 0 Å². The number of benzene rings is 2. The standard InChI is InChI=1S/C20H19F2NO5/c1-3-9-28-17-7-5-14(12-18(17)26-2)27-10-8-23-20(25)19(24)13-4-6-15(21)16(22)11-13/h1,4-7,11-12,19,24H,8-10H2,2H3,(H,23,25). The number of aliphatic hydroxyl groups is 1. The number of carbonyl (C=O) groups excluding carboxylic acids is 1. The van der Waals surface area contributed by atoms with Crippen molar-refractivity contribution >= 4 is 5.91 Å². The molecule has 2 aromatic rings. The lowest BCUT2D eigenvalue weighted by Crippen LogP contribution is -2.32. The zero-order valence-corrected chi connectivity index (χ0v) is 15.1. The summed E-state index contributed by atoms with van der Waals surface area (Å²) in [6, 6.07) is 7.63. The van der Waals surface area contributed by atoms with Gasteiger partial charge in [-0.1, -0.05) is 12.0 Å². The van der Waals surface area contributed by atoms with Crippen LogP contribution in [0.2, 0.25) is 0 Å². The maximum absolute atomic E-state index is 13.2. The highest BCUT2D eigenvalue weighted by Gasteiger charge is 2.18. The molecule has 0 aliphatic heterocycles. The van der Waals surface area contributed by atoms with Gasteiger partial charge in [0.2, 0.25) is 0 Å². The van der Waals surface area contributed by atoms with Gasteiger partial charge in [-0.05, 0) is 29.8 Å². The van der Waals surface area contributed by atoms with Gasteiger partial charge in [-0.3, -0.25) is 4.79 Å². The number of hydrogen-bond acceptors (Lipinski definition) is 5. The number of amides is 1. The monoisotopic (exact) mass is 391 g/mol. The molecule has 2 aromatic carbocycles. The Morgan fingerprint density at radius 2 is 1.96 bits per heavy atom. The molecule has 28 heavy (non-hydrogen) atoms. The lowest BCUT2D eigenvalue weighted by Gasteiger charge is -2.14. The van der Waals surface area contributed by atoms with Crippen molar-refractivity contribution in [3.63, 3.8) is 0 Å². The van der Waals surface area contributed by atoms with E-state index in [1.165, 1.54) is 7.11 Å². The van der Waals surface area contributed by atoms with Crippen LogP contribution < -0.4 is 19.5 Å². The topological polar surface area (TPSA) is 77.0 Å². The maximum atomic E-state index is 13.2. The lowest BCUT2D eigenvalue weighted by atomic mass is 10.1. The van der Waals surface area contributed by atoms with Crippen molar-refractivity contribution in [2.24, 2.45) is 0 Å². The van der Waals surface area contributed by atoms with Gasteiger partial charge in [-0.25, -0.2) is 8.78 Å². The van der Waals surface area contributed by atoms with E-state index in [4.69, 9.17) is 20.6 Å². The number of carbonyl (C=O) groups is 1. The van der Waals surface area contributed by atoms with Crippen LogP contribution in [0.5, 0.6) is 17.2 Å². The molecule has 0 spiro atoms. The Bertz CT molecular complexity index is 866. The van der Waals surface area contributed by atoms with Gasteiger partial charge in [0.25, 0.3) is 5.91 Å². The molecule has 2 rings (SSSR count). The first-order valence-electron chi connectivity index (χ1n) is 8.24. The highest BCUT2D eigenvalue weighted by atomic mass is 19.2. The molecule has 1 amide bonds. The zero-order valence-electron chi connectivity index (χ0n) is 15.1. The third kappa shape index (κ3) is 5.59. The normalized spacial score (nSPS) is 11.2. The van der Waals surface area contributed by atoms with E-state index in [2.05, 4.69) is 11.2 Å². The van der Waals surface area contributed by atoms with Gasteiger partial charge in [-0.15, -0.1) is 6.42 Å². The van der Waals surface area contributed by atoms with Gasteiger partial charge < -0.3 is 24.6 Å². The van der Waals surface area contributed by atoms with Gasteiger partial charge in [-0.2, -0.15) is 0 Å². The molecule has 1 unspecified atom stereocenters. The van der Waals surface area contributed by atoms with Crippen LogP contribution in [0.25, 0.3) is 0 Å². The van der Waals surface area contributed by atoms with E-state index < -0.39 is 23.6 Å². The number of ether oxygens (including phenoxy) is 3. The molecule has 148 valence electrons. The quantitative estimate of drug-likeness (QED) is 0.506. The molecule has 6 nitrogen and oxygen atoms in total. The summed E-state index contributed by atoms with van der Waals surface area (Å²) in [5, 5.41) is 12.3. The minimum Gasteiger partial charge on any atom is -0.493 e. The van der Waals surface area contributed by atoms with Gasteiger partial charge in [0.05, 0.1) is 13.7 Å². The second kappa shape index (κ2) is 10.1. The minimum absolute atomic E-state index is 0.0513. The molecule has 2 N–H and O–H groups in total. The van der Waals surface area contributed by atoms with E-state index in [1.807, 2.05) is 0 Å². The second-order valence-corrected chi connectivity index (χ2v) is 5.52. The SMILES string of the molecule is C#CCOc1ccc(OCCNC(=O)C(O)c2ccc(F)c(F)c2)cc1OC. The molecule has 0 fully saturated rings. The number of hydrogen-bond donors (Lipinski definition) is 2. The summed E-state index contributed by atoms with van der Waals surface area (Å²) in [6.45, 7) is 0.282. The third-order valence-corrected chi connectivity index (χ3v) is 3.62. The summed E-state index contributed by atoms with van der Waals surface area (Å²) >= 11 is 0. The minimum atomic E-state index is -1.62. The largest absolute Gasteiger partial charge is 0.493 e. The number of rotatable bonds is 9. The van der Waals surface area contributed by atoms with Crippen LogP contribution in [0.1, 0.15) is 11.7 Å². The number of methoxy groups -OCH3 is 1. The van der Waals surface area contributed by atoms with E-state index >= 15 is 0 Å².